The van der Waals surface area contributed by atoms with Crippen LogP contribution in [0, 0.1) is 0 Å². The average molecular weight is 488 g/mol. The number of likely N-dealkylation sites (N-methyl/N-ethyl adjacent to an activating group) is 1. The Balaban J connectivity index is 0.00000576. The van der Waals surface area contributed by atoms with E-state index in [4.69, 9.17) is 4.74 Å². The summed E-state index contributed by atoms with van der Waals surface area (Å²) in [4.78, 5) is 6.90. The van der Waals surface area contributed by atoms with E-state index in [-0.39, 0.29) is 24.0 Å². The van der Waals surface area contributed by atoms with E-state index in [0.29, 0.717) is 11.3 Å². The van der Waals surface area contributed by atoms with Crippen LogP contribution in [0.4, 0.5) is 0 Å². The number of halogens is 1. The second-order valence-electron chi connectivity index (χ2n) is 6.36. The fourth-order valence-corrected chi connectivity index (χ4v) is 4.30. The van der Waals surface area contributed by atoms with Gasteiger partial charge in [-0.2, -0.15) is 0 Å². The molecule has 6 nitrogen and oxygen atoms in total. The average Bonchev–Trinajstić information content (AvgIpc) is 2.59. The van der Waals surface area contributed by atoms with E-state index in [1.165, 1.54) is 0 Å². The number of aliphatic imine (C=N–C) groups is 1. The summed E-state index contributed by atoms with van der Waals surface area (Å²) in [5.41, 5.74) is 0. The Labute approximate surface area is 173 Å². The molecule has 1 fully saturated rings. The van der Waals surface area contributed by atoms with Crippen molar-refractivity contribution in [3.8, 4) is 0 Å². The molecule has 1 aliphatic rings. The maximum atomic E-state index is 12.1. The van der Waals surface area contributed by atoms with Gasteiger partial charge in [-0.05, 0) is 33.2 Å². The predicted octanol–water partition coefficient (Wildman–Crippen LogP) is 1.82. The molecule has 0 aliphatic heterocycles. The van der Waals surface area contributed by atoms with Crippen molar-refractivity contribution in [3.05, 3.63) is 0 Å². The lowest BCUT2D eigenvalue weighted by atomic mass is 9.95. The van der Waals surface area contributed by atoms with Crippen LogP contribution in [-0.4, -0.2) is 79.1 Å². The minimum Gasteiger partial charge on any atom is -0.383 e. The van der Waals surface area contributed by atoms with Crippen LogP contribution in [0.2, 0.25) is 0 Å². The molecule has 3 unspecified atom stereocenters. The number of nitrogens with zero attached hydrogens (tertiary/aromatic N) is 2. The Morgan fingerprint density at radius 1 is 1.32 bits per heavy atom. The normalized spacial score (nSPS) is 22.4. The van der Waals surface area contributed by atoms with Gasteiger partial charge in [-0.15, -0.1) is 24.0 Å². The van der Waals surface area contributed by atoms with Crippen molar-refractivity contribution in [1.29, 1.82) is 0 Å². The molecule has 0 amide bonds. The van der Waals surface area contributed by atoms with E-state index in [1.54, 1.807) is 7.11 Å². The van der Waals surface area contributed by atoms with Crippen LogP contribution in [0.1, 0.15) is 39.5 Å². The van der Waals surface area contributed by atoms with E-state index in [9.17, 15) is 4.21 Å². The minimum atomic E-state index is -0.686. The molecular weight excluding hydrogens is 451 g/mol. The van der Waals surface area contributed by atoms with Crippen molar-refractivity contribution in [2.24, 2.45) is 4.99 Å². The molecule has 3 atom stereocenters. The Bertz CT molecular complexity index is 399. The number of hydrogen-bond donors (Lipinski definition) is 2. The maximum absolute atomic E-state index is 12.1. The lowest BCUT2D eigenvalue weighted by molar-refractivity contribution is 0.163. The first-order valence-electron chi connectivity index (χ1n) is 9.20. The van der Waals surface area contributed by atoms with Gasteiger partial charge in [0.15, 0.2) is 5.96 Å². The molecule has 8 heteroatoms. The topological polar surface area (TPSA) is 66.0 Å². The van der Waals surface area contributed by atoms with Gasteiger partial charge in [-0.1, -0.05) is 13.3 Å². The Morgan fingerprint density at radius 2 is 2.08 bits per heavy atom. The summed E-state index contributed by atoms with van der Waals surface area (Å²) in [5, 5.41) is 7.21. The first-order chi connectivity index (χ1) is 11.6. The zero-order chi connectivity index (χ0) is 17.8. The molecule has 1 rings (SSSR count). The molecule has 2 N–H and O–H groups in total. The highest BCUT2D eigenvalue weighted by Crippen LogP contribution is 2.22. The quantitative estimate of drug-likeness (QED) is 0.279. The number of methoxy groups -OCH3 is 1. The molecule has 0 bridgehead atoms. The van der Waals surface area contributed by atoms with Crippen molar-refractivity contribution in [2.75, 3.05) is 52.7 Å². The fourth-order valence-electron chi connectivity index (χ4n) is 2.96. The molecule has 0 saturated heterocycles. The third kappa shape index (κ3) is 10.7. The molecule has 0 aromatic carbocycles. The zero-order valence-electron chi connectivity index (χ0n) is 16.3. The smallest absolute Gasteiger partial charge is 0.191 e. The molecule has 0 aromatic rings. The van der Waals surface area contributed by atoms with Crippen molar-refractivity contribution in [3.63, 3.8) is 0 Å². The Kier molecular flexibility index (Phi) is 15.2. The van der Waals surface area contributed by atoms with E-state index in [0.717, 1.165) is 70.2 Å². The summed E-state index contributed by atoms with van der Waals surface area (Å²) in [6.07, 6.45) is 4.36. The van der Waals surface area contributed by atoms with Gasteiger partial charge in [0, 0.05) is 54.6 Å². The van der Waals surface area contributed by atoms with E-state index < -0.39 is 10.8 Å². The number of hydrogen-bond acceptors (Lipinski definition) is 4. The van der Waals surface area contributed by atoms with Crippen molar-refractivity contribution in [1.82, 2.24) is 15.5 Å². The summed E-state index contributed by atoms with van der Waals surface area (Å²) < 4.78 is 17.2. The molecule has 1 saturated carbocycles. The molecular formula is C17H37IN4O2S. The van der Waals surface area contributed by atoms with Crippen LogP contribution >= 0.6 is 24.0 Å². The van der Waals surface area contributed by atoms with Gasteiger partial charge in [-0.25, -0.2) is 0 Å². The molecule has 0 radical (unpaired) electrons. The van der Waals surface area contributed by atoms with Crippen molar-refractivity contribution >= 4 is 40.7 Å². The zero-order valence-corrected chi connectivity index (χ0v) is 19.4. The van der Waals surface area contributed by atoms with Crippen molar-refractivity contribution < 1.29 is 8.95 Å². The second-order valence-corrected chi connectivity index (χ2v) is 8.36. The number of nitrogens with one attached hydrogen (secondary N) is 2. The van der Waals surface area contributed by atoms with Crippen LogP contribution in [0.5, 0.6) is 0 Å². The van der Waals surface area contributed by atoms with Gasteiger partial charge in [0.25, 0.3) is 0 Å². The molecule has 1 aliphatic carbocycles. The molecule has 0 aromatic heterocycles. The standard InChI is InChI=1S/C17H36N4O2S.HI/c1-5-18-17(19-10-11-21(3)12-13-23-4)20-15-8-7-9-16(14-15)24(22)6-2;/h15-16H,5-14H2,1-4H3,(H2,18,19,20);1H. The van der Waals surface area contributed by atoms with Gasteiger partial charge in [-0.3, -0.25) is 9.20 Å². The first kappa shape index (κ1) is 25.1. The number of guanidine groups is 1. The van der Waals surface area contributed by atoms with Gasteiger partial charge in [0.05, 0.1) is 13.2 Å². The predicted molar refractivity (Wildman–Crippen MR) is 119 cm³/mol. The van der Waals surface area contributed by atoms with Crippen molar-refractivity contribution in [2.45, 2.75) is 50.8 Å². The van der Waals surface area contributed by atoms with Crippen LogP contribution in [-0.2, 0) is 15.5 Å². The van der Waals surface area contributed by atoms with Gasteiger partial charge < -0.3 is 20.3 Å². The maximum Gasteiger partial charge on any atom is 0.191 e. The Hall–Kier alpha value is 0.0700. The van der Waals surface area contributed by atoms with E-state index in [2.05, 4.69) is 34.5 Å². The Morgan fingerprint density at radius 3 is 2.72 bits per heavy atom. The summed E-state index contributed by atoms with van der Waals surface area (Å²) in [6.45, 7) is 8.28. The third-order valence-corrected chi connectivity index (χ3v) is 6.14. The summed E-state index contributed by atoms with van der Waals surface area (Å²) >= 11 is 0. The van der Waals surface area contributed by atoms with Crippen LogP contribution in [0.3, 0.4) is 0 Å². The monoisotopic (exact) mass is 488 g/mol. The highest BCUT2D eigenvalue weighted by atomic mass is 127. The highest BCUT2D eigenvalue weighted by Gasteiger charge is 2.25. The van der Waals surface area contributed by atoms with Crippen LogP contribution < -0.4 is 10.6 Å². The number of ether oxygens (including phenoxy) is 1. The van der Waals surface area contributed by atoms with Crippen LogP contribution in [0.15, 0.2) is 4.99 Å². The lowest BCUT2D eigenvalue weighted by Crippen LogP contribution is -2.47. The largest absolute Gasteiger partial charge is 0.383 e. The summed E-state index contributed by atoms with van der Waals surface area (Å²) in [6, 6.07) is 0.378. The van der Waals surface area contributed by atoms with Gasteiger partial charge >= 0.3 is 0 Å². The molecule has 150 valence electrons. The lowest BCUT2D eigenvalue weighted by Gasteiger charge is -2.30. The minimum absolute atomic E-state index is 0. The van der Waals surface area contributed by atoms with Gasteiger partial charge in [0.1, 0.15) is 0 Å². The molecule has 0 heterocycles. The fraction of sp³-hybridized carbons (Fsp3) is 0.941. The SMILES string of the molecule is CCNC(=NCCN(C)CCOC)NC1CCCC(S(=O)CC)C1.I. The summed E-state index contributed by atoms with van der Waals surface area (Å²) in [7, 11) is 3.12. The molecule has 25 heavy (non-hydrogen) atoms. The number of rotatable bonds is 10. The first-order valence-corrected chi connectivity index (χ1v) is 10.6. The van der Waals surface area contributed by atoms with E-state index in [1.807, 2.05) is 6.92 Å². The van der Waals surface area contributed by atoms with Gasteiger partial charge in [0.2, 0.25) is 0 Å². The van der Waals surface area contributed by atoms with Crippen LogP contribution in [0.25, 0.3) is 0 Å². The van der Waals surface area contributed by atoms with E-state index >= 15 is 0 Å². The third-order valence-electron chi connectivity index (χ3n) is 4.40. The molecule has 0 spiro atoms. The second kappa shape index (κ2) is 15.2. The summed E-state index contributed by atoms with van der Waals surface area (Å²) in [5.74, 6) is 1.64. The highest BCUT2D eigenvalue weighted by molar-refractivity contribution is 14.0.